The number of hydrogen-bond acceptors (Lipinski definition) is 7. The molecule has 35 heavy (non-hydrogen) atoms. The van der Waals surface area contributed by atoms with Gasteiger partial charge in [-0.3, -0.25) is 4.79 Å². The minimum absolute atomic E-state index is 0.0612. The molecule has 1 aliphatic rings. The molecule has 0 radical (unpaired) electrons. The van der Waals surface area contributed by atoms with Crippen molar-refractivity contribution in [3.8, 4) is 0 Å². The monoisotopic (exact) mass is 499 g/mol. The van der Waals surface area contributed by atoms with Crippen LogP contribution in [0.5, 0.6) is 0 Å². The van der Waals surface area contributed by atoms with E-state index in [1.54, 1.807) is 9.42 Å². The number of carbonyl (C=O) groups excluding carboxylic acids is 1. The van der Waals surface area contributed by atoms with Crippen LogP contribution in [0.3, 0.4) is 0 Å². The van der Waals surface area contributed by atoms with Crippen LogP contribution in [0, 0.1) is 41.5 Å². The molecule has 1 saturated heterocycles. The zero-order valence-electron chi connectivity index (χ0n) is 21.2. The fourth-order valence-corrected chi connectivity index (χ4v) is 6.34. The number of benzene rings is 1. The molecule has 2 aromatic heterocycles. The molecule has 1 aromatic carbocycles. The van der Waals surface area contributed by atoms with Crippen LogP contribution >= 0.6 is 0 Å². The third-order valence-electron chi connectivity index (χ3n) is 7.15. The fraction of sp³-hybridized carbons (Fsp3) is 0.500. The van der Waals surface area contributed by atoms with Gasteiger partial charge in [0, 0.05) is 50.9 Å². The number of aromatic nitrogens is 4. The third kappa shape index (κ3) is 4.74. The van der Waals surface area contributed by atoms with E-state index in [0.29, 0.717) is 36.9 Å². The summed E-state index contributed by atoms with van der Waals surface area (Å²) in [6, 6.07) is 1.96. The number of rotatable bonds is 6. The summed E-state index contributed by atoms with van der Waals surface area (Å²) in [4.78, 5) is 25.6. The topological polar surface area (TPSA) is 113 Å². The molecule has 0 saturated carbocycles. The van der Waals surface area contributed by atoms with E-state index in [9.17, 15) is 13.2 Å². The minimum atomic E-state index is -3.72. The summed E-state index contributed by atoms with van der Waals surface area (Å²) >= 11 is 0. The zero-order valence-corrected chi connectivity index (χ0v) is 22.0. The molecule has 1 amide bonds. The van der Waals surface area contributed by atoms with Gasteiger partial charge in [0.25, 0.3) is 5.78 Å². The van der Waals surface area contributed by atoms with Gasteiger partial charge in [0.05, 0.1) is 4.90 Å². The number of nitrogens with one attached hydrogen (secondary N) is 1. The summed E-state index contributed by atoms with van der Waals surface area (Å²) in [5, 5.41) is 4.26. The molecular weight excluding hydrogens is 466 g/mol. The van der Waals surface area contributed by atoms with Crippen molar-refractivity contribution < 1.29 is 13.2 Å². The highest BCUT2D eigenvalue weighted by molar-refractivity contribution is 7.89. The first-order valence-corrected chi connectivity index (χ1v) is 13.3. The van der Waals surface area contributed by atoms with Crippen molar-refractivity contribution in [2.75, 3.05) is 37.6 Å². The Hall–Kier alpha value is -3.05. The number of hydrogen-bond donors (Lipinski definition) is 1. The van der Waals surface area contributed by atoms with Crippen molar-refractivity contribution in [2.45, 2.75) is 52.9 Å². The predicted octanol–water partition coefficient (Wildman–Crippen LogP) is 1.99. The minimum Gasteiger partial charge on any atom is -0.353 e. The number of carbonyl (C=O) groups is 1. The van der Waals surface area contributed by atoms with Gasteiger partial charge >= 0.3 is 0 Å². The number of piperazine rings is 1. The summed E-state index contributed by atoms with van der Waals surface area (Å²) in [7, 11) is -3.72. The summed E-state index contributed by atoms with van der Waals surface area (Å²) in [5.41, 5.74) is 5.45. The Morgan fingerprint density at radius 1 is 0.943 bits per heavy atom. The van der Waals surface area contributed by atoms with E-state index >= 15 is 0 Å². The molecular formula is C24H33N7O3S. The van der Waals surface area contributed by atoms with E-state index in [2.05, 4.69) is 24.7 Å². The van der Waals surface area contributed by atoms with E-state index < -0.39 is 10.0 Å². The van der Waals surface area contributed by atoms with Gasteiger partial charge < -0.3 is 9.80 Å². The molecule has 1 N–H and O–H groups in total. The molecule has 1 aliphatic heterocycles. The van der Waals surface area contributed by atoms with Crippen LogP contribution in [-0.2, 0) is 14.8 Å². The lowest BCUT2D eigenvalue weighted by molar-refractivity contribution is -0.131. The van der Waals surface area contributed by atoms with E-state index in [1.165, 1.54) is 6.33 Å². The SMILES string of the molecule is Cc1cc(N2CCN(C(=O)CCNS(=O)(=O)c3c(C)c(C)c(C)c(C)c3C)CC2)n2ncnc2n1. The van der Waals surface area contributed by atoms with Crippen LogP contribution in [-0.4, -0.2) is 71.5 Å². The second kappa shape index (κ2) is 9.54. The first kappa shape index (κ1) is 25.1. The Bertz CT molecular complexity index is 1360. The number of amides is 1. The number of sulfonamides is 1. The van der Waals surface area contributed by atoms with Crippen LogP contribution in [0.2, 0.25) is 0 Å². The Morgan fingerprint density at radius 2 is 1.54 bits per heavy atom. The lowest BCUT2D eigenvalue weighted by atomic mass is 9.95. The lowest BCUT2D eigenvalue weighted by Gasteiger charge is -2.36. The number of nitrogens with zero attached hydrogens (tertiary/aromatic N) is 6. The quantitative estimate of drug-likeness (QED) is 0.552. The van der Waals surface area contributed by atoms with Crippen molar-refractivity contribution in [2.24, 2.45) is 0 Å². The maximum Gasteiger partial charge on any atom is 0.254 e. The highest BCUT2D eigenvalue weighted by atomic mass is 32.2. The second-order valence-electron chi connectivity index (χ2n) is 9.20. The average Bonchev–Trinajstić information content (AvgIpc) is 3.29. The third-order valence-corrected chi connectivity index (χ3v) is 8.88. The van der Waals surface area contributed by atoms with Crippen molar-refractivity contribution in [3.05, 3.63) is 45.9 Å². The van der Waals surface area contributed by atoms with Crippen LogP contribution in [0.15, 0.2) is 17.3 Å². The van der Waals surface area contributed by atoms with Crippen LogP contribution < -0.4 is 9.62 Å². The normalized spacial score (nSPS) is 14.7. The molecule has 0 atom stereocenters. The molecule has 3 heterocycles. The standard InChI is InChI=1S/C24H33N7O3S/c1-15-13-21(31-24(28-15)25-14-26-31)29-9-11-30(12-10-29)22(32)7-8-27-35(33,34)23-19(5)17(3)16(2)18(4)20(23)6/h13-14,27H,7-12H2,1-6H3. The largest absolute Gasteiger partial charge is 0.353 e. The molecule has 11 heteroatoms. The molecule has 188 valence electrons. The van der Waals surface area contributed by atoms with Gasteiger partial charge in [-0.2, -0.15) is 14.6 Å². The highest BCUT2D eigenvalue weighted by Gasteiger charge is 2.26. The van der Waals surface area contributed by atoms with Gasteiger partial charge in [-0.1, -0.05) is 0 Å². The summed E-state index contributed by atoms with van der Waals surface area (Å²) < 4.78 is 30.6. The van der Waals surface area contributed by atoms with E-state index in [4.69, 9.17) is 0 Å². The molecule has 3 aromatic rings. The first-order chi connectivity index (χ1) is 16.5. The number of anilines is 1. The van der Waals surface area contributed by atoms with Gasteiger partial charge in [-0.05, 0) is 69.4 Å². The zero-order chi connectivity index (χ0) is 25.5. The average molecular weight is 500 g/mol. The Morgan fingerprint density at radius 3 is 2.17 bits per heavy atom. The lowest BCUT2D eigenvalue weighted by Crippen LogP contribution is -2.49. The van der Waals surface area contributed by atoms with Crippen LogP contribution in [0.4, 0.5) is 5.82 Å². The van der Waals surface area contributed by atoms with Crippen molar-refractivity contribution in [3.63, 3.8) is 0 Å². The van der Waals surface area contributed by atoms with Crippen molar-refractivity contribution in [1.29, 1.82) is 0 Å². The summed E-state index contributed by atoms with van der Waals surface area (Å²) in [5.74, 6) is 1.39. The van der Waals surface area contributed by atoms with Gasteiger partial charge in [0.2, 0.25) is 15.9 Å². The second-order valence-corrected chi connectivity index (χ2v) is 10.9. The van der Waals surface area contributed by atoms with Gasteiger partial charge in [-0.15, -0.1) is 0 Å². The smallest absolute Gasteiger partial charge is 0.254 e. The maximum atomic E-state index is 13.1. The van der Waals surface area contributed by atoms with Crippen molar-refractivity contribution >= 4 is 27.5 Å². The van der Waals surface area contributed by atoms with Crippen LogP contribution in [0.1, 0.15) is 39.9 Å². The molecule has 4 rings (SSSR count). The predicted molar refractivity (Wildman–Crippen MR) is 134 cm³/mol. The molecule has 0 unspecified atom stereocenters. The number of aryl methyl sites for hydroxylation is 1. The Balaban J connectivity index is 1.36. The summed E-state index contributed by atoms with van der Waals surface area (Å²) in [6.45, 7) is 14.0. The molecule has 1 fully saturated rings. The highest BCUT2D eigenvalue weighted by Crippen LogP contribution is 2.29. The van der Waals surface area contributed by atoms with Crippen LogP contribution in [0.25, 0.3) is 5.78 Å². The maximum absolute atomic E-state index is 13.1. The van der Waals surface area contributed by atoms with Crippen molar-refractivity contribution in [1.82, 2.24) is 29.2 Å². The molecule has 0 spiro atoms. The van der Waals surface area contributed by atoms with E-state index in [1.807, 2.05) is 47.6 Å². The first-order valence-electron chi connectivity index (χ1n) is 11.8. The fourth-order valence-electron chi connectivity index (χ4n) is 4.71. The summed E-state index contributed by atoms with van der Waals surface area (Å²) in [6.07, 6.45) is 1.59. The molecule has 10 nitrogen and oxygen atoms in total. The van der Waals surface area contributed by atoms with Gasteiger partial charge in [0.15, 0.2) is 0 Å². The van der Waals surface area contributed by atoms with Gasteiger partial charge in [-0.25, -0.2) is 18.1 Å². The molecule has 0 bridgehead atoms. The number of fused-ring (bicyclic) bond motifs is 1. The Labute approximate surface area is 206 Å². The van der Waals surface area contributed by atoms with Gasteiger partial charge in [0.1, 0.15) is 12.1 Å². The van der Waals surface area contributed by atoms with E-state index in [0.717, 1.165) is 39.3 Å². The molecule has 0 aliphatic carbocycles. The van der Waals surface area contributed by atoms with E-state index in [-0.39, 0.29) is 18.9 Å². The Kier molecular flexibility index (Phi) is 6.83.